The van der Waals surface area contributed by atoms with Gasteiger partial charge in [-0.1, -0.05) is 0 Å². The standard InChI is InChI=1S/C18H23N5O3/c1-21-15-14(5-2-6-19-15)20-16(18(21)25)23-7-3-4-13(12-23)17(24)22-8-10-26-11-9-22/h2,5-6,13H,3-4,7-12H2,1H3. The third-order valence-corrected chi connectivity index (χ3v) is 5.20. The summed E-state index contributed by atoms with van der Waals surface area (Å²) in [5.41, 5.74) is 1.08. The summed E-state index contributed by atoms with van der Waals surface area (Å²) in [4.78, 5) is 38.2. The van der Waals surface area contributed by atoms with Crippen molar-refractivity contribution < 1.29 is 9.53 Å². The van der Waals surface area contributed by atoms with Crippen molar-refractivity contribution >= 4 is 22.9 Å². The Balaban J connectivity index is 1.60. The summed E-state index contributed by atoms with van der Waals surface area (Å²) in [7, 11) is 1.71. The molecule has 2 aromatic rings. The Morgan fingerprint density at radius 2 is 2.08 bits per heavy atom. The van der Waals surface area contributed by atoms with Gasteiger partial charge in [0.25, 0.3) is 5.56 Å². The lowest BCUT2D eigenvalue weighted by Crippen LogP contribution is -2.49. The number of hydrogen-bond donors (Lipinski definition) is 0. The second-order valence-corrected chi connectivity index (χ2v) is 6.87. The molecule has 0 aliphatic carbocycles. The lowest BCUT2D eigenvalue weighted by atomic mass is 9.96. The Labute approximate surface area is 151 Å². The zero-order chi connectivity index (χ0) is 18.1. The zero-order valence-corrected chi connectivity index (χ0v) is 14.9. The van der Waals surface area contributed by atoms with Crippen LogP contribution in [0.5, 0.6) is 0 Å². The quantitative estimate of drug-likeness (QED) is 0.774. The van der Waals surface area contributed by atoms with Crippen LogP contribution < -0.4 is 10.5 Å². The van der Waals surface area contributed by atoms with Crippen molar-refractivity contribution in [3.63, 3.8) is 0 Å². The van der Waals surface area contributed by atoms with Crippen molar-refractivity contribution in [2.24, 2.45) is 13.0 Å². The van der Waals surface area contributed by atoms with Crippen LogP contribution in [-0.4, -0.2) is 64.7 Å². The molecule has 8 heteroatoms. The highest BCUT2D eigenvalue weighted by Gasteiger charge is 2.31. The monoisotopic (exact) mass is 357 g/mol. The number of aromatic nitrogens is 3. The van der Waals surface area contributed by atoms with Gasteiger partial charge >= 0.3 is 0 Å². The van der Waals surface area contributed by atoms with Gasteiger partial charge in [0, 0.05) is 39.4 Å². The third kappa shape index (κ3) is 3.05. The normalized spacial score (nSPS) is 21.2. The van der Waals surface area contributed by atoms with Gasteiger partial charge in [-0.3, -0.25) is 14.2 Å². The SMILES string of the molecule is Cn1c(=O)c(N2CCCC(C(=O)N3CCOCC3)C2)nc2cccnc21. The fourth-order valence-electron chi connectivity index (χ4n) is 3.76. The number of carbonyl (C=O) groups is 1. The average molecular weight is 357 g/mol. The van der Waals surface area contributed by atoms with Crippen molar-refractivity contribution in [1.82, 2.24) is 19.4 Å². The first-order valence-electron chi connectivity index (χ1n) is 9.08. The highest BCUT2D eigenvalue weighted by molar-refractivity contribution is 5.80. The molecule has 1 amide bonds. The van der Waals surface area contributed by atoms with Crippen molar-refractivity contribution in [2.75, 3.05) is 44.3 Å². The van der Waals surface area contributed by atoms with E-state index in [1.165, 1.54) is 4.57 Å². The number of amides is 1. The molecule has 1 unspecified atom stereocenters. The third-order valence-electron chi connectivity index (χ3n) is 5.20. The highest BCUT2D eigenvalue weighted by Crippen LogP contribution is 2.23. The molecule has 0 bridgehead atoms. The molecule has 0 N–H and O–H groups in total. The van der Waals surface area contributed by atoms with Crippen molar-refractivity contribution in [3.8, 4) is 0 Å². The number of pyridine rings is 1. The Morgan fingerprint density at radius 1 is 1.27 bits per heavy atom. The maximum absolute atomic E-state index is 12.8. The van der Waals surface area contributed by atoms with E-state index in [9.17, 15) is 9.59 Å². The summed E-state index contributed by atoms with van der Waals surface area (Å²) < 4.78 is 6.87. The Morgan fingerprint density at radius 3 is 2.88 bits per heavy atom. The second kappa shape index (κ2) is 7.03. The van der Waals surface area contributed by atoms with Crippen LogP contribution in [0.2, 0.25) is 0 Å². The van der Waals surface area contributed by atoms with E-state index in [-0.39, 0.29) is 17.4 Å². The molecule has 2 saturated heterocycles. The van der Waals surface area contributed by atoms with Crippen LogP contribution in [-0.2, 0) is 16.6 Å². The molecular formula is C18H23N5O3. The molecular weight excluding hydrogens is 334 g/mol. The number of piperidine rings is 1. The molecule has 2 aliphatic heterocycles. The molecule has 0 saturated carbocycles. The van der Waals surface area contributed by atoms with Gasteiger partial charge in [-0.2, -0.15) is 0 Å². The number of nitrogens with zero attached hydrogens (tertiary/aromatic N) is 5. The van der Waals surface area contributed by atoms with Crippen LogP contribution in [0, 0.1) is 5.92 Å². The largest absolute Gasteiger partial charge is 0.378 e. The van der Waals surface area contributed by atoms with E-state index in [2.05, 4.69) is 9.97 Å². The zero-order valence-electron chi connectivity index (χ0n) is 14.9. The van der Waals surface area contributed by atoms with Crippen molar-refractivity contribution in [1.29, 1.82) is 0 Å². The second-order valence-electron chi connectivity index (χ2n) is 6.87. The van der Waals surface area contributed by atoms with E-state index < -0.39 is 0 Å². The van der Waals surface area contributed by atoms with Gasteiger partial charge in [0.1, 0.15) is 5.52 Å². The molecule has 138 valence electrons. The molecule has 2 fully saturated rings. The lowest BCUT2D eigenvalue weighted by Gasteiger charge is -2.36. The Hall–Kier alpha value is -2.48. The molecule has 1 atom stereocenters. The van der Waals surface area contributed by atoms with Gasteiger partial charge in [0.05, 0.1) is 19.1 Å². The van der Waals surface area contributed by atoms with Crippen molar-refractivity contribution in [2.45, 2.75) is 12.8 Å². The fourth-order valence-corrected chi connectivity index (χ4v) is 3.76. The summed E-state index contributed by atoms with van der Waals surface area (Å²) in [6, 6.07) is 3.66. The fraction of sp³-hybridized carbons (Fsp3) is 0.556. The molecule has 8 nitrogen and oxygen atoms in total. The molecule has 0 radical (unpaired) electrons. The van der Waals surface area contributed by atoms with Crippen LogP contribution in [0.4, 0.5) is 5.82 Å². The van der Waals surface area contributed by atoms with Gasteiger partial charge in [-0.15, -0.1) is 0 Å². The van der Waals surface area contributed by atoms with E-state index in [0.29, 0.717) is 49.8 Å². The molecule has 0 spiro atoms. The average Bonchev–Trinajstić information content (AvgIpc) is 2.71. The number of anilines is 1. The van der Waals surface area contributed by atoms with E-state index in [1.807, 2.05) is 21.9 Å². The van der Waals surface area contributed by atoms with Gasteiger partial charge in [-0.25, -0.2) is 9.97 Å². The van der Waals surface area contributed by atoms with Crippen LogP contribution in [0.15, 0.2) is 23.1 Å². The minimum atomic E-state index is -0.171. The first kappa shape index (κ1) is 17.0. The molecule has 4 heterocycles. The lowest BCUT2D eigenvalue weighted by molar-refractivity contribution is -0.139. The molecule has 2 aliphatic rings. The number of morpholine rings is 1. The summed E-state index contributed by atoms with van der Waals surface area (Å²) in [5.74, 6) is 0.475. The summed E-state index contributed by atoms with van der Waals surface area (Å²) in [6.45, 7) is 3.77. The van der Waals surface area contributed by atoms with Crippen LogP contribution in [0.25, 0.3) is 11.2 Å². The summed E-state index contributed by atoms with van der Waals surface area (Å²) in [5, 5.41) is 0. The van der Waals surface area contributed by atoms with Gasteiger partial charge in [-0.05, 0) is 25.0 Å². The van der Waals surface area contributed by atoms with E-state index in [4.69, 9.17) is 4.74 Å². The maximum atomic E-state index is 12.8. The van der Waals surface area contributed by atoms with Gasteiger partial charge < -0.3 is 14.5 Å². The number of fused-ring (bicyclic) bond motifs is 1. The summed E-state index contributed by atoms with van der Waals surface area (Å²) in [6.07, 6.45) is 3.37. The highest BCUT2D eigenvalue weighted by atomic mass is 16.5. The molecule has 2 aromatic heterocycles. The first-order chi connectivity index (χ1) is 12.6. The molecule has 4 rings (SSSR count). The maximum Gasteiger partial charge on any atom is 0.294 e. The van der Waals surface area contributed by atoms with Gasteiger partial charge in [0.15, 0.2) is 11.5 Å². The number of aryl methyl sites for hydroxylation is 1. The van der Waals surface area contributed by atoms with Crippen LogP contribution in [0.1, 0.15) is 12.8 Å². The number of carbonyl (C=O) groups excluding carboxylic acids is 1. The predicted molar refractivity (Wildman–Crippen MR) is 97.1 cm³/mol. The number of hydrogen-bond acceptors (Lipinski definition) is 6. The Kier molecular flexibility index (Phi) is 4.58. The topological polar surface area (TPSA) is 80.6 Å². The molecule has 26 heavy (non-hydrogen) atoms. The minimum absolute atomic E-state index is 0.0991. The van der Waals surface area contributed by atoms with Crippen molar-refractivity contribution in [3.05, 3.63) is 28.7 Å². The van der Waals surface area contributed by atoms with E-state index >= 15 is 0 Å². The van der Waals surface area contributed by atoms with Gasteiger partial charge in [0.2, 0.25) is 5.91 Å². The van der Waals surface area contributed by atoms with Crippen LogP contribution >= 0.6 is 0 Å². The first-order valence-corrected chi connectivity index (χ1v) is 9.08. The predicted octanol–water partition coefficient (Wildman–Crippen LogP) is 0.404. The van der Waals surface area contributed by atoms with E-state index in [0.717, 1.165) is 19.4 Å². The Bertz CT molecular complexity index is 875. The van der Waals surface area contributed by atoms with Crippen LogP contribution in [0.3, 0.4) is 0 Å². The van der Waals surface area contributed by atoms with E-state index in [1.54, 1.807) is 13.2 Å². The summed E-state index contributed by atoms with van der Waals surface area (Å²) >= 11 is 0. The minimum Gasteiger partial charge on any atom is -0.378 e. The number of rotatable bonds is 2. The number of ether oxygens (including phenoxy) is 1. The molecule has 0 aromatic carbocycles. The smallest absolute Gasteiger partial charge is 0.294 e.